The van der Waals surface area contributed by atoms with E-state index in [-0.39, 0.29) is 4.90 Å². The van der Waals surface area contributed by atoms with Gasteiger partial charge in [-0.2, -0.15) is 13.5 Å². The molecule has 0 spiro atoms. The van der Waals surface area contributed by atoms with E-state index in [1.807, 2.05) is 0 Å². The highest BCUT2D eigenvalue weighted by atomic mass is 32.2. The van der Waals surface area contributed by atoms with E-state index >= 15 is 0 Å². The van der Waals surface area contributed by atoms with Crippen LogP contribution in [0.25, 0.3) is 5.69 Å². The van der Waals surface area contributed by atoms with Gasteiger partial charge in [-0.3, -0.25) is 4.55 Å². The Morgan fingerprint density at radius 2 is 1.93 bits per heavy atom. The normalized spacial score (nSPS) is 11.5. The standard InChI is InChI=1S/C9H8N2O3S/c12-15(13,14)9-5-2-1-4-8(9)11-7-3-6-10-11/h1-7H,(H,12,13,14). The van der Waals surface area contributed by atoms with Gasteiger partial charge in [0.2, 0.25) is 0 Å². The molecule has 0 fully saturated rings. The van der Waals surface area contributed by atoms with E-state index in [4.69, 9.17) is 4.55 Å². The zero-order chi connectivity index (χ0) is 10.9. The Labute approximate surface area is 86.7 Å². The van der Waals surface area contributed by atoms with Crippen molar-refractivity contribution >= 4 is 10.1 Å². The van der Waals surface area contributed by atoms with Crippen molar-refractivity contribution in [2.45, 2.75) is 4.90 Å². The molecule has 0 bridgehead atoms. The van der Waals surface area contributed by atoms with Gasteiger partial charge in [0.1, 0.15) is 4.90 Å². The van der Waals surface area contributed by atoms with Gasteiger partial charge < -0.3 is 0 Å². The van der Waals surface area contributed by atoms with Gasteiger partial charge in [-0.15, -0.1) is 0 Å². The minimum absolute atomic E-state index is 0.159. The summed E-state index contributed by atoms with van der Waals surface area (Å²) < 4.78 is 32.5. The molecule has 1 aromatic heterocycles. The van der Waals surface area contributed by atoms with Crippen molar-refractivity contribution in [3.8, 4) is 5.69 Å². The molecule has 78 valence electrons. The molecule has 2 aromatic rings. The average molecular weight is 224 g/mol. The smallest absolute Gasteiger partial charge is 0.282 e. The van der Waals surface area contributed by atoms with Crippen molar-refractivity contribution in [1.82, 2.24) is 9.78 Å². The maximum atomic E-state index is 11.1. The van der Waals surface area contributed by atoms with Gasteiger partial charge in [0, 0.05) is 12.4 Å². The number of hydrogen-bond acceptors (Lipinski definition) is 3. The van der Waals surface area contributed by atoms with Crippen LogP contribution >= 0.6 is 0 Å². The van der Waals surface area contributed by atoms with Crippen LogP contribution in [-0.2, 0) is 10.1 Å². The first-order valence-electron chi connectivity index (χ1n) is 4.15. The number of hydrogen-bond donors (Lipinski definition) is 1. The minimum Gasteiger partial charge on any atom is -0.282 e. The van der Waals surface area contributed by atoms with Crippen LogP contribution in [-0.4, -0.2) is 22.8 Å². The molecule has 0 radical (unpaired) electrons. The number of nitrogens with zero attached hydrogens (tertiary/aromatic N) is 2. The number of para-hydroxylation sites is 1. The lowest BCUT2D eigenvalue weighted by molar-refractivity contribution is 0.482. The molecular formula is C9H8N2O3S. The number of benzene rings is 1. The maximum Gasteiger partial charge on any atom is 0.296 e. The van der Waals surface area contributed by atoms with Gasteiger partial charge in [-0.1, -0.05) is 12.1 Å². The van der Waals surface area contributed by atoms with Gasteiger partial charge in [-0.05, 0) is 18.2 Å². The van der Waals surface area contributed by atoms with Crippen LogP contribution < -0.4 is 0 Å². The summed E-state index contributed by atoms with van der Waals surface area (Å²) in [5, 5.41) is 3.90. The molecule has 0 aliphatic carbocycles. The first-order chi connectivity index (χ1) is 7.09. The summed E-state index contributed by atoms with van der Waals surface area (Å²) in [6.45, 7) is 0. The van der Waals surface area contributed by atoms with Crippen LogP contribution in [0.2, 0.25) is 0 Å². The van der Waals surface area contributed by atoms with Crippen molar-refractivity contribution < 1.29 is 13.0 Å². The van der Waals surface area contributed by atoms with Gasteiger partial charge >= 0.3 is 0 Å². The third-order valence-electron chi connectivity index (χ3n) is 1.89. The molecule has 0 saturated heterocycles. The predicted molar refractivity (Wildman–Crippen MR) is 53.4 cm³/mol. The number of rotatable bonds is 2. The molecule has 0 atom stereocenters. The molecule has 0 aliphatic rings. The molecule has 0 unspecified atom stereocenters. The lowest BCUT2D eigenvalue weighted by Crippen LogP contribution is -2.05. The largest absolute Gasteiger partial charge is 0.296 e. The zero-order valence-electron chi connectivity index (χ0n) is 7.61. The highest BCUT2D eigenvalue weighted by Gasteiger charge is 2.15. The summed E-state index contributed by atoms with van der Waals surface area (Å²) in [6.07, 6.45) is 3.13. The van der Waals surface area contributed by atoms with E-state index in [1.165, 1.54) is 23.0 Å². The fourth-order valence-electron chi connectivity index (χ4n) is 1.28. The van der Waals surface area contributed by atoms with Gasteiger partial charge in [-0.25, -0.2) is 4.68 Å². The lowest BCUT2D eigenvalue weighted by Gasteiger charge is -2.05. The second kappa shape index (κ2) is 3.48. The first-order valence-corrected chi connectivity index (χ1v) is 5.59. The van der Waals surface area contributed by atoms with Gasteiger partial charge in [0.05, 0.1) is 5.69 Å². The summed E-state index contributed by atoms with van der Waals surface area (Å²) in [4.78, 5) is -0.159. The Balaban J connectivity index is 2.68. The maximum absolute atomic E-state index is 11.1. The highest BCUT2D eigenvalue weighted by Crippen LogP contribution is 2.18. The summed E-state index contributed by atoms with van der Waals surface area (Å²) in [5.74, 6) is 0. The summed E-state index contributed by atoms with van der Waals surface area (Å²) in [5.41, 5.74) is 0.324. The molecule has 0 aliphatic heterocycles. The van der Waals surface area contributed by atoms with Crippen LogP contribution in [0.4, 0.5) is 0 Å². The lowest BCUT2D eigenvalue weighted by atomic mass is 10.3. The topological polar surface area (TPSA) is 72.2 Å². The van der Waals surface area contributed by atoms with Crippen molar-refractivity contribution in [2.24, 2.45) is 0 Å². The predicted octanol–water partition coefficient (Wildman–Crippen LogP) is 1.12. The molecule has 0 saturated carbocycles. The van der Waals surface area contributed by atoms with Crippen molar-refractivity contribution in [3.63, 3.8) is 0 Å². The van der Waals surface area contributed by atoms with Gasteiger partial charge in [0.25, 0.3) is 10.1 Å². The third-order valence-corrected chi connectivity index (χ3v) is 2.80. The minimum atomic E-state index is -4.22. The first kappa shape index (κ1) is 9.88. The van der Waals surface area contributed by atoms with Crippen LogP contribution in [0, 0.1) is 0 Å². The summed E-state index contributed by atoms with van der Waals surface area (Å²) in [7, 11) is -4.22. The van der Waals surface area contributed by atoms with E-state index in [9.17, 15) is 8.42 Å². The number of aromatic nitrogens is 2. The zero-order valence-corrected chi connectivity index (χ0v) is 8.42. The summed E-state index contributed by atoms with van der Waals surface area (Å²) >= 11 is 0. The molecule has 15 heavy (non-hydrogen) atoms. The molecule has 1 heterocycles. The van der Waals surface area contributed by atoms with Crippen LogP contribution in [0.5, 0.6) is 0 Å². The van der Waals surface area contributed by atoms with Crippen molar-refractivity contribution in [1.29, 1.82) is 0 Å². The molecule has 1 N–H and O–H groups in total. The van der Waals surface area contributed by atoms with E-state index in [1.54, 1.807) is 24.4 Å². The molecule has 6 heteroatoms. The quantitative estimate of drug-likeness (QED) is 0.776. The van der Waals surface area contributed by atoms with Crippen LogP contribution in [0.3, 0.4) is 0 Å². The van der Waals surface area contributed by atoms with E-state index in [0.29, 0.717) is 5.69 Å². The fraction of sp³-hybridized carbons (Fsp3) is 0. The Bertz CT molecular complexity index is 561. The van der Waals surface area contributed by atoms with Crippen molar-refractivity contribution in [2.75, 3.05) is 0 Å². The molecule has 1 aromatic carbocycles. The van der Waals surface area contributed by atoms with Crippen LogP contribution in [0.15, 0.2) is 47.6 Å². The average Bonchev–Trinajstić information content (AvgIpc) is 2.69. The Hall–Kier alpha value is -1.66. The van der Waals surface area contributed by atoms with Gasteiger partial charge in [0.15, 0.2) is 0 Å². The highest BCUT2D eigenvalue weighted by molar-refractivity contribution is 7.86. The second-order valence-electron chi connectivity index (χ2n) is 2.89. The Kier molecular flexibility index (Phi) is 2.29. The Morgan fingerprint density at radius 1 is 1.20 bits per heavy atom. The molecule has 2 rings (SSSR count). The van der Waals surface area contributed by atoms with E-state index < -0.39 is 10.1 Å². The monoisotopic (exact) mass is 224 g/mol. The third kappa shape index (κ3) is 1.90. The summed E-state index contributed by atoms with van der Waals surface area (Å²) in [6, 6.07) is 7.77. The fourth-order valence-corrected chi connectivity index (χ4v) is 1.95. The van der Waals surface area contributed by atoms with Crippen LogP contribution in [0.1, 0.15) is 0 Å². The van der Waals surface area contributed by atoms with E-state index in [0.717, 1.165) is 0 Å². The Morgan fingerprint density at radius 3 is 2.53 bits per heavy atom. The second-order valence-corrected chi connectivity index (χ2v) is 4.28. The van der Waals surface area contributed by atoms with E-state index in [2.05, 4.69) is 5.10 Å². The SMILES string of the molecule is O=S(=O)(O)c1ccccc1-n1cccn1. The molecular weight excluding hydrogens is 216 g/mol. The van der Waals surface area contributed by atoms with Crippen molar-refractivity contribution in [3.05, 3.63) is 42.7 Å². The molecule has 5 nitrogen and oxygen atoms in total. The molecule has 0 amide bonds.